The number of nitrogens with one attached hydrogen (secondary N) is 2. The SMILES string of the molecule is NC1CCC(Nc2cc(Nc3cccc(Cl)c3)c3nccn3n2)CC1. The first-order valence-corrected chi connectivity index (χ1v) is 8.94. The molecule has 4 N–H and O–H groups in total. The second kappa shape index (κ2) is 6.90. The highest BCUT2D eigenvalue weighted by Gasteiger charge is 2.19. The molecule has 0 bridgehead atoms. The number of nitrogens with two attached hydrogens (primary N) is 1. The molecule has 2 aromatic heterocycles. The van der Waals surface area contributed by atoms with Crippen LogP contribution in [-0.2, 0) is 0 Å². The quantitative estimate of drug-likeness (QED) is 0.662. The highest BCUT2D eigenvalue weighted by molar-refractivity contribution is 6.30. The molecule has 0 spiro atoms. The summed E-state index contributed by atoms with van der Waals surface area (Å²) >= 11 is 6.08. The van der Waals surface area contributed by atoms with E-state index in [-0.39, 0.29) is 0 Å². The molecule has 7 heteroatoms. The number of hydrogen-bond acceptors (Lipinski definition) is 5. The predicted molar refractivity (Wildman–Crippen MR) is 102 cm³/mol. The van der Waals surface area contributed by atoms with Crippen LogP contribution in [0.1, 0.15) is 25.7 Å². The van der Waals surface area contributed by atoms with Gasteiger partial charge in [0.2, 0.25) is 0 Å². The lowest BCUT2D eigenvalue weighted by molar-refractivity contribution is 0.410. The van der Waals surface area contributed by atoms with Gasteiger partial charge < -0.3 is 16.4 Å². The van der Waals surface area contributed by atoms with Crippen LogP contribution in [0.5, 0.6) is 0 Å². The standard InChI is InChI=1S/C18H21ClN6/c19-12-2-1-3-15(10-12)22-16-11-17(24-25-9-8-21-18(16)25)23-14-6-4-13(20)5-7-14/h1-3,8-11,13-14,22H,4-7,20H2,(H,23,24). The number of benzene rings is 1. The van der Waals surface area contributed by atoms with Gasteiger partial charge in [0.15, 0.2) is 5.65 Å². The van der Waals surface area contributed by atoms with Crippen LogP contribution in [0.15, 0.2) is 42.7 Å². The maximum absolute atomic E-state index is 6.08. The first-order chi connectivity index (χ1) is 12.2. The van der Waals surface area contributed by atoms with Gasteiger partial charge in [0.05, 0.1) is 5.69 Å². The topological polar surface area (TPSA) is 80.3 Å². The highest BCUT2D eigenvalue weighted by Crippen LogP contribution is 2.26. The summed E-state index contributed by atoms with van der Waals surface area (Å²) in [5.74, 6) is 0.829. The van der Waals surface area contributed by atoms with Crippen molar-refractivity contribution in [3.63, 3.8) is 0 Å². The van der Waals surface area contributed by atoms with Gasteiger partial charge in [-0.3, -0.25) is 0 Å². The highest BCUT2D eigenvalue weighted by atomic mass is 35.5. The van der Waals surface area contributed by atoms with Crippen LogP contribution in [0.25, 0.3) is 5.65 Å². The molecule has 1 aromatic carbocycles. The van der Waals surface area contributed by atoms with Crippen molar-refractivity contribution in [3.05, 3.63) is 47.7 Å². The van der Waals surface area contributed by atoms with Gasteiger partial charge in [-0.05, 0) is 43.9 Å². The average Bonchev–Trinajstić information content (AvgIpc) is 3.06. The minimum absolute atomic E-state index is 0.335. The van der Waals surface area contributed by atoms with E-state index in [9.17, 15) is 0 Å². The van der Waals surface area contributed by atoms with E-state index in [0.29, 0.717) is 17.1 Å². The molecule has 130 valence electrons. The minimum atomic E-state index is 0.335. The predicted octanol–water partition coefficient (Wildman–Crippen LogP) is 3.81. The number of hydrogen-bond donors (Lipinski definition) is 3. The smallest absolute Gasteiger partial charge is 0.177 e. The van der Waals surface area contributed by atoms with Gasteiger partial charge in [0.25, 0.3) is 0 Å². The van der Waals surface area contributed by atoms with E-state index in [2.05, 4.69) is 20.7 Å². The molecule has 0 unspecified atom stereocenters. The van der Waals surface area contributed by atoms with Crippen LogP contribution in [0.3, 0.4) is 0 Å². The molecule has 0 amide bonds. The molecule has 2 heterocycles. The normalized spacial score (nSPS) is 20.6. The largest absolute Gasteiger partial charge is 0.366 e. The average molecular weight is 357 g/mol. The van der Waals surface area contributed by atoms with Crippen molar-refractivity contribution in [2.45, 2.75) is 37.8 Å². The molecule has 0 atom stereocenters. The van der Waals surface area contributed by atoms with E-state index in [1.807, 2.05) is 36.5 Å². The van der Waals surface area contributed by atoms with Crippen molar-refractivity contribution < 1.29 is 0 Å². The van der Waals surface area contributed by atoms with Crippen LogP contribution in [0, 0.1) is 0 Å². The lowest BCUT2D eigenvalue weighted by Crippen LogP contribution is -2.33. The summed E-state index contributed by atoms with van der Waals surface area (Å²) in [5, 5.41) is 12.2. The van der Waals surface area contributed by atoms with E-state index in [1.54, 1.807) is 10.7 Å². The number of nitrogens with zero attached hydrogens (tertiary/aromatic N) is 3. The van der Waals surface area contributed by atoms with E-state index < -0.39 is 0 Å². The van der Waals surface area contributed by atoms with E-state index in [1.165, 1.54) is 0 Å². The summed E-state index contributed by atoms with van der Waals surface area (Å²) in [4.78, 5) is 4.40. The molecule has 1 aliphatic carbocycles. The Kier molecular flexibility index (Phi) is 4.46. The van der Waals surface area contributed by atoms with Crippen LogP contribution in [0.4, 0.5) is 17.2 Å². The van der Waals surface area contributed by atoms with Crippen molar-refractivity contribution in [3.8, 4) is 0 Å². The fourth-order valence-electron chi connectivity index (χ4n) is 3.27. The molecule has 25 heavy (non-hydrogen) atoms. The monoisotopic (exact) mass is 356 g/mol. The fourth-order valence-corrected chi connectivity index (χ4v) is 3.46. The summed E-state index contributed by atoms with van der Waals surface area (Å²) in [7, 11) is 0. The van der Waals surface area contributed by atoms with E-state index in [0.717, 1.165) is 48.5 Å². The molecule has 3 aromatic rings. The molecule has 0 radical (unpaired) electrons. The number of anilines is 3. The van der Waals surface area contributed by atoms with Crippen molar-refractivity contribution in [2.75, 3.05) is 10.6 Å². The Morgan fingerprint density at radius 3 is 2.80 bits per heavy atom. The molecule has 1 fully saturated rings. The zero-order chi connectivity index (χ0) is 17.2. The van der Waals surface area contributed by atoms with Crippen LogP contribution in [-0.4, -0.2) is 26.7 Å². The number of imidazole rings is 1. The van der Waals surface area contributed by atoms with E-state index >= 15 is 0 Å². The van der Waals surface area contributed by atoms with Gasteiger partial charge in [0, 0.05) is 41.3 Å². The van der Waals surface area contributed by atoms with Gasteiger partial charge in [-0.15, -0.1) is 5.10 Å². The molecule has 4 rings (SSSR count). The molecule has 1 aliphatic rings. The fraction of sp³-hybridized carbons (Fsp3) is 0.333. The third kappa shape index (κ3) is 3.70. The summed E-state index contributed by atoms with van der Waals surface area (Å²) in [6.07, 6.45) is 7.84. The zero-order valence-corrected chi connectivity index (χ0v) is 14.6. The number of rotatable bonds is 4. The molecule has 1 saturated carbocycles. The lowest BCUT2D eigenvalue weighted by atomic mass is 9.92. The molecular formula is C18H21ClN6. The molecule has 0 aliphatic heterocycles. The Hall–Kier alpha value is -2.31. The first-order valence-electron chi connectivity index (χ1n) is 8.56. The Morgan fingerprint density at radius 1 is 1.16 bits per heavy atom. The van der Waals surface area contributed by atoms with Crippen molar-refractivity contribution >= 4 is 34.4 Å². The maximum atomic E-state index is 6.08. The van der Waals surface area contributed by atoms with Crippen LogP contribution in [0.2, 0.25) is 5.02 Å². The second-order valence-corrected chi connectivity index (χ2v) is 6.97. The van der Waals surface area contributed by atoms with Crippen molar-refractivity contribution in [2.24, 2.45) is 5.73 Å². The lowest BCUT2D eigenvalue weighted by Gasteiger charge is -2.27. The Balaban J connectivity index is 1.60. The summed E-state index contributed by atoms with van der Waals surface area (Å²) in [6, 6.07) is 10.4. The van der Waals surface area contributed by atoms with Gasteiger partial charge >= 0.3 is 0 Å². The van der Waals surface area contributed by atoms with Crippen LogP contribution < -0.4 is 16.4 Å². The number of aromatic nitrogens is 3. The number of fused-ring (bicyclic) bond motifs is 1. The van der Waals surface area contributed by atoms with E-state index in [4.69, 9.17) is 17.3 Å². The van der Waals surface area contributed by atoms with Crippen LogP contribution >= 0.6 is 11.6 Å². The van der Waals surface area contributed by atoms with Crippen molar-refractivity contribution in [1.82, 2.24) is 14.6 Å². The maximum Gasteiger partial charge on any atom is 0.177 e. The van der Waals surface area contributed by atoms with Gasteiger partial charge in [-0.2, -0.15) is 0 Å². The Labute approximate surface area is 151 Å². The summed E-state index contributed by atoms with van der Waals surface area (Å²) in [6.45, 7) is 0. The van der Waals surface area contributed by atoms with Gasteiger partial charge in [0.1, 0.15) is 5.82 Å². The Morgan fingerprint density at radius 2 is 2.00 bits per heavy atom. The second-order valence-electron chi connectivity index (χ2n) is 6.53. The summed E-state index contributed by atoms with van der Waals surface area (Å²) in [5.41, 5.74) is 8.57. The number of halogens is 1. The molecular weight excluding hydrogens is 336 g/mol. The summed E-state index contributed by atoms with van der Waals surface area (Å²) < 4.78 is 1.78. The Bertz CT molecular complexity index is 869. The van der Waals surface area contributed by atoms with Gasteiger partial charge in [-0.25, -0.2) is 9.50 Å². The third-order valence-electron chi connectivity index (χ3n) is 4.59. The molecule has 6 nitrogen and oxygen atoms in total. The third-order valence-corrected chi connectivity index (χ3v) is 4.82. The first kappa shape index (κ1) is 16.2. The zero-order valence-electron chi connectivity index (χ0n) is 13.8. The molecule has 0 saturated heterocycles. The minimum Gasteiger partial charge on any atom is -0.366 e. The van der Waals surface area contributed by atoms with Gasteiger partial charge in [-0.1, -0.05) is 17.7 Å². The van der Waals surface area contributed by atoms with Crippen molar-refractivity contribution in [1.29, 1.82) is 0 Å².